The molecular weight excluding hydrogens is 1280 g/mol. The van der Waals surface area contributed by atoms with Crippen molar-refractivity contribution in [3.63, 3.8) is 0 Å². The van der Waals surface area contributed by atoms with Gasteiger partial charge in [0.1, 0.15) is 18.2 Å². The van der Waals surface area contributed by atoms with Crippen LogP contribution in [-0.2, 0) is 38.2 Å². The number of amides is 3. The molecule has 0 saturated carbocycles. The molecule has 9 rings (SSSR count). The summed E-state index contributed by atoms with van der Waals surface area (Å²) in [6.07, 6.45) is -9.97. The number of carboxylic acids is 1. The molecule has 0 radical (unpaired) electrons. The van der Waals surface area contributed by atoms with Gasteiger partial charge in [-0.3, -0.25) is 43.7 Å². The van der Waals surface area contributed by atoms with Gasteiger partial charge in [0.2, 0.25) is 17.7 Å². The van der Waals surface area contributed by atoms with E-state index in [4.69, 9.17) is 21.8 Å². The molecule has 3 aromatic carbocycles. The lowest BCUT2D eigenvalue weighted by atomic mass is 9.92. The van der Waals surface area contributed by atoms with Crippen molar-refractivity contribution < 1.29 is 82.9 Å². The molecule has 3 saturated heterocycles. The van der Waals surface area contributed by atoms with Crippen molar-refractivity contribution in [1.82, 2.24) is 25.6 Å². The zero-order valence-electron chi connectivity index (χ0n) is 50.4. The van der Waals surface area contributed by atoms with Crippen LogP contribution in [0.15, 0.2) is 91.4 Å². The average Bonchev–Trinajstić information content (AvgIpc) is 0.793. The van der Waals surface area contributed by atoms with Crippen molar-refractivity contribution in [3.8, 4) is 18.2 Å². The molecule has 6 unspecified atom stereocenters. The maximum atomic E-state index is 13.6. The van der Waals surface area contributed by atoms with E-state index in [2.05, 4.69) is 41.1 Å². The van der Waals surface area contributed by atoms with Crippen molar-refractivity contribution in [2.75, 3.05) is 68.2 Å². The predicted octanol–water partition coefficient (Wildman–Crippen LogP) is 8.45. The third kappa shape index (κ3) is 20.9. The third-order valence-electron chi connectivity index (χ3n) is 15.3. The minimum absolute atomic E-state index is 0. The summed E-state index contributed by atoms with van der Waals surface area (Å²) in [6.45, 7) is -0.00618. The second-order valence-corrected chi connectivity index (χ2v) is 21.9. The smallest absolute Gasteiger partial charge is 0.393 e. The number of pyridine rings is 3. The van der Waals surface area contributed by atoms with E-state index in [1.807, 2.05) is 12.1 Å². The Morgan fingerprint density at radius 3 is 1.17 bits per heavy atom. The van der Waals surface area contributed by atoms with Crippen molar-refractivity contribution in [3.05, 3.63) is 108 Å². The fourth-order valence-electron chi connectivity index (χ4n) is 10.9. The Morgan fingerprint density at radius 2 is 0.851 bits per heavy atom. The molecule has 3 aliphatic heterocycles. The average molecular weight is 1340 g/mol. The second kappa shape index (κ2) is 33.7. The molecule has 3 aromatic heterocycles. The normalized spacial score (nSPS) is 18.7. The number of nitrogens with two attached hydrogens (primary N) is 2. The van der Waals surface area contributed by atoms with E-state index < -0.39 is 90.0 Å². The van der Waals surface area contributed by atoms with Crippen molar-refractivity contribution >= 4 is 97.8 Å². The first-order chi connectivity index (χ1) is 44.0. The first-order valence-electron chi connectivity index (χ1n) is 28.7. The molecule has 6 aromatic rings. The number of benzene rings is 3. The number of piperidine rings is 3. The number of aliphatic carboxylic acids is 1. The number of nitrogens with one attached hydrogen (secondary N) is 2. The molecule has 6 atom stereocenters. The number of anilines is 3. The summed E-state index contributed by atoms with van der Waals surface area (Å²) >= 11 is 0. The summed E-state index contributed by atoms with van der Waals surface area (Å²) in [5.41, 5.74) is 14.9. The van der Waals surface area contributed by atoms with E-state index in [1.54, 1.807) is 81.6 Å². The molecule has 0 spiro atoms. The third-order valence-corrected chi connectivity index (χ3v) is 15.3. The number of carbonyl (C=O) groups excluding carboxylic acids is 5. The van der Waals surface area contributed by atoms with E-state index in [-0.39, 0.29) is 103 Å². The molecule has 0 bridgehead atoms. The topological polar surface area (TPSA) is 337 Å². The van der Waals surface area contributed by atoms with Crippen LogP contribution in [0.4, 0.5) is 56.6 Å². The van der Waals surface area contributed by atoms with Crippen LogP contribution in [0.25, 0.3) is 32.7 Å². The molecule has 94 heavy (non-hydrogen) atoms. The summed E-state index contributed by atoms with van der Waals surface area (Å²) in [5.74, 6) is -8.46. The number of rotatable bonds is 14. The zero-order valence-corrected chi connectivity index (χ0v) is 51.3. The van der Waals surface area contributed by atoms with Crippen LogP contribution < -0.4 is 36.8 Å². The molecule has 7 N–H and O–H groups in total. The number of methoxy groups -OCH3 is 2. The van der Waals surface area contributed by atoms with Gasteiger partial charge in [-0.15, -0.1) is 12.4 Å². The second-order valence-electron chi connectivity index (χ2n) is 21.9. The van der Waals surface area contributed by atoms with Crippen LogP contribution in [0.5, 0.6) is 0 Å². The van der Waals surface area contributed by atoms with E-state index in [9.17, 15) is 78.8 Å². The first-order valence-corrected chi connectivity index (χ1v) is 28.7. The monoisotopic (exact) mass is 1340 g/mol. The number of hydrogen-bond donors (Lipinski definition) is 5. The molecular formula is C62H65ClF9N13O9. The number of hydrogen-bond acceptors (Lipinski definition) is 18. The molecule has 32 heteroatoms. The van der Waals surface area contributed by atoms with Crippen LogP contribution in [0.1, 0.15) is 74.5 Å². The maximum absolute atomic E-state index is 13.6. The summed E-state index contributed by atoms with van der Waals surface area (Å²) in [4.78, 5) is 83.7. The number of nitriles is 3. The van der Waals surface area contributed by atoms with Crippen molar-refractivity contribution in [1.29, 1.82) is 15.8 Å². The fraction of sp³-hybridized carbons (Fsp3) is 0.419. The maximum Gasteiger partial charge on any atom is 0.393 e. The minimum atomic E-state index is -4.44. The summed E-state index contributed by atoms with van der Waals surface area (Å²) in [6, 6.07) is 23.8. The standard InChI is InChI=1S/C21H21F3N4O3.C20H20F3N5O2.C16H15F3N4.C5H8O4.ClH/c1-31-19(30)7-6-18(29)27-15-9-14(21(22,23)24)11-28(12-15)17-5-4-13(10-25)20-16(17)3-2-8-26-20;21-20(22,23)13-8-14(27-18(30)6-5-17(25)29)11-28(10-13)16-4-3-12(9-24)19-15(16)2-1-7-26-19;17-16(18,19)11-6-12(21)9-23(8-11)14-4-3-10(7-20)15-13(14)2-1-5-22-15;1-9-5(8)3-2-4(6)7;/h2-5,8,14-15H,6-7,9,11-12H2,1H3,(H,27,29);1-4,7,13-14H,5-6,8,10-11H2,(H2,25,29)(H,27,30);1-5,11-12H,6,8-9,21H2;2-3H2,1H3,(H,6,7);1H. The number of alkyl halides is 9. The zero-order chi connectivity index (χ0) is 68.4. The number of carboxylic acid groups (broad SMARTS) is 1. The fourth-order valence-corrected chi connectivity index (χ4v) is 10.9. The van der Waals surface area contributed by atoms with Gasteiger partial charge < -0.3 is 51.4 Å². The van der Waals surface area contributed by atoms with E-state index in [0.717, 1.165) is 0 Å². The summed E-state index contributed by atoms with van der Waals surface area (Å²) in [7, 11) is 2.42. The summed E-state index contributed by atoms with van der Waals surface area (Å²) in [5, 5.41) is 42.8. The van der Waals surface area contributed by atoms with Crippen LogP contribution in [0.3, 0.4) is 0 Å². The number of nitrogens with zero attached hydrogens (tertiary/aromatic N) is 9. The highest BCUT2D eigenvalue weighted by atomic mass is 35.5. The van der Waals surface area contributed by atoms with Crippen molar-refractivity contribution in [2.24, 2.45) is 29.2 Å². The Kier molecular flexibility index (Phi) is 26.8. The van der Waals surface area contributed by atoms with Gasteiger partial charge in [-0.05, 0) is 92.1 Å². The summed E-state index contributed by atoms with van der Waals surface area (Å²) < 4.78 is 130. The lowest BCUT2D eigenvalue weighted by Crippen LogP contribution is -2.54. The van der Waals surface area contributed by atoms with E-state index >= 15 is 0 Å². The molecule has 3 aliphatic rings. The number of ether oxygens (including phenoxy) is 2. The predicted molar refractivity (Wildman–Crippen MR) is 326 cm³/mol. The van der Waals surface area contributed by atoms with Crippen LogP contribution in [-0.4, -0.2) is 146 Å². The molecule has 0 aliphatic carbocycles. The highest BCUT2D eigenvalue weighted by Crippen LogP contribution is 2.41. The largest absolute Gasteiger partial charge is 0.481 e. The van der Waals surface area contributed by atoms with Gasteiger partial charge >= 0.3 is 36.4 Å². The number of primary amides is 1. The van der Waals surface area contributed by atoms with Gasteiger partial charge in [-0.1, -0.05) is 0 Å². The van der Waals surface area contributed by atoms with Crippen LogP contribution >= 0.6 is 12.4 Å². The Balaban J connectivity index is 0.000000240. The number of esters is 2. The quantitative estimate of drug-likeness (QED) is 0.0504. The highest BCUT2D eigenvalue weighted by molar-refractivity contribution is 5.97. The van der Waals surface area contributed by atoms with E-state index in [1.165, 1.54) is 38.7 Å². The van der Waals surface area contributed by atoms with Gasteiger partial charge in [-0.25, -0.2) is 0 Å². The minimum Gasteiger partial charge on any atom is -0.481 e. The number of carbonyl (C=O) groups is 6. The molecule has 3 amide bonds. The Hall–Kier alpha value is -9.80. The van der Waals surface area contributed by atoms with Gasteiger partial charge in [0.05, 0.1) is 84.5 Å². The van der Waals surface area contributed by atoms with Crippen LogP contribution in [0, 0.1) is 51.7 Å². The van der Waals surface area contributed by atoms with Gasteiger partial charge in [0, 0.05) is 128 Å². The van der Waals surface area contributed by atoms with Crippen molar-refractivity contribution in [2.45, 2.75) is 94.4 Å². The highest BCUT2D eigenvalue weighted by Gasteiger charge is 2.47. The molecule has 502 valence electrons. The van der Waals surface area contributed by atoms with Crippen LogP contribution in [0.2, 0.25) is 0 Å². The van der Waals surface area contributed by atoms with Gasteiger partial charge in [0.25, 0.3) is 0 Å². The van der Waals surface area contributed by atoms with Gasteiger partial charge in [0.15, 0.2) is 0 Å². The number of fused-ring (bicyclic) bond motifs is 3. The van der Waals surface area contributed by atoms with Gasteiger partial charge in [-0.2, -0.15) is 55.3 Å². The molecule has 22 nitrogen and oxygen atoms in total. The Bertz CT molecular complexity index is 3810. The number of aromatic nitrogens is 3. The first kappa shape index (κ1) is 74.9. The Morgan fingerprint density at radius 1 is 0.521 bits per heavy atom. The molecule has 3 fully saturated rings. The van der Waals surface area contributed by atoms with E-state index in [0.29, 0.717) is 73.0 Å². The molecule has 6 heterocycles. The SMILES string of the molecule is COC(=O)CCC(=O)NC1CC(C(F)(F)F)CN(c2ccc(C#N)c3ncccc23)C1.COC(=O)CCC(=O)O.Cl.N#Cc1ccc(N2CC(N)CC(C(F)(F)F)C2)c2cccnc12.N#Cc1ccc(N2CC(NC(=O)CCC(N)=O)CC(C(F)(F)F)C2)c2cccnc12. The lowest BCUT2D eigenvalue weighted by Gasteiger charge is -2.40. The number of halogens is 10. The Labute approximate surface area is 538 Å². The lowest BCUT2D eigenvalue weighted by molar-refractivity contribution is -0.178.